The second-order valence-corrected chi connectivity index (χ2v) is 5.77. The Labute approximate surface area is 150 Å². The standard InChI is InChI=1S/C18H21FN2O5/c1-4-10(5-2)13-9-15(26-21-13)17(22)20-16(18(23)24)11-6-7-14(25-3)12(19)8-11/h6-10,16H,4-5H2,1-3H3,(H,20,22)(H,23,24). The van der Waals surface area contributed by atoms with Gasteiger partial charge >= 0.3 is 5.97 Å². The van der Waals surface area contributed by atoms with Gasteiger partial charge in [-0.3, -0.25) is 4.79 Å². The van der Waals surface area contributed by atoms with Crippen molar-refractivity contribution >= 4 is 11.9 Å². The smallest absolute Gasteiger partial charge is 0.330 e. The van der Waals surface area contributed by atoms with Crippen LogP contribution in [0.3, 0.4) is 0 Å². The van der Waals surface area contributed by atoms with Crippen LogP contribution in [-0.2, 0) is 4.79 Å². The van der Waals surface area contributed by atoms with Gasteiger partial charge in [0.1, 0.15) is 0 Å². The molecule has 140 valence electrons. The molecule has 1 atom stereocenters. The fourth-order valence-electron chi connectivity index (χ4n) is 2.65. The number of rotatable bonds is 8. The molecule has 26 heavy (non-hydrogen) atoms. The number of hydrogen-bond donors (Lipinski definition) is 2. The van der Waals surface area contributed by atoms with Gasteiger partial charge in [0.05, 0.1) is 12.8 Å². The molecule has 1 unspecified atom stereocenters. The molecule has 0 saturated heterocycles. The molecule has 0 saturated carbocycles. The summed E-state index contributed by atoms with van der Waals surface area (Å²) < 4.78 is 23.7. The highest BCUT2D eigenvalue weighted by atomic mass is 19.1. The van der Waals surface area contributed by atoms with Crippen molar-refractivity contribution in [2.24, 2.45) is 0 Å². The Bertz CT molecular complexity index is 786. The van der Waals surface area contributed by atoms with E-state index in [1.807, 2.05) is 13.8 Å². The van der Waals surface area contributed by atoms with Gasteiger partial charge < -0.3 is 19.7 Å². The topological polar surface area (TPSA) is 102 Å². The first kappa shape index (κ1) is 19.4. The maximum absolute atomic E-state index is 13.8. The summed E-state index contributed by atoms with van der Waals surface area (Å²) in [5.74, 6) is -2.74. The predicted molar refractivity (Wildman–Crippen MR) is 90.6 cm³/mol. The van der Waals surface area contributed by atoms with Crippen LogP contribution in [0.1, 0.15) is 60.5 Å². The zero-order valence-corrected chi connectivity index (χ0v) is 14.8. The van der Waals surface area contributed by atoms with Crippen LogP contribution in [0, 0.1) is 5.82 Å². The third-order valence-corrected chi connectivity index (χ3v) is 4.19. The van der Waals surface area contributed by atoms with Gasteiger partial charge in [-0.15, -0.1) is 0 Å². The summed E-state index contributed by atoms with van der Waals surface area (Å²) in [6.45, 7) is 4.00. The van der Waals surface area contributed by atoms with E-state index in [1.54, 1.807) is 0 Å². The average Bonchev–Trinajstić information content (AvgIpc) is 3.10. The number of halogens is 1. The Kier molecular flexibility index (Phi) is 6.32. The molecular weight excluding hydrogens is 343 g/mol. The zero-order chi connectivity index (χ0) is 19.3. The average molecular weight is 364 g/mol. The van der Waals surface area contributed by atoms with Gasteiger partial charge in [0.25, 0.3) is 5.91 Å². The fourth-order valence-corrected chi connectivity index (χ4v) is 2.65. The lowest BCUT2D eigenvalue weighted by molar-refractivity contribution is -0.139. The Hall–Kier alpha value is -2.90. The Morgan fingerprint density at radius 3 is 2.54 bits per heavy atom. The van der Waals surface area contributed by atoms with Gasteiger partial charge in [-0.1, -0.05) is 25.1 Å². The predicted octanol–water partition coefficient (Wildman–Crippen LogP) is 3.28. The maximum atomic E-state index is 13.8. The number of ether oxygens (including phenoxy) is 1. The van der Waals surface area contributed by atoms with Crippen molar-refractivity contribution < 1.29 is 28.3 Å². The van der Waals surface area contributed by atoms with E-state index < -0.39 is 23.7 Å². The van der Waals surface area contributed by atoms with Crippen LogP contribution in [-0.4, -0.2) is 29.2 Å². The van der Waals surface area contributed by atoms with Crippen molar-refractivity contribution in [2.75, 3.05) is 7.11 Å². The van der Waals surface area contributed by atoms with Crippen molar-refractivity contribution in [3.8, 4) is 5.75 Å². The molecule has 0 fully saturated rings. The molecule has 0 aliphatic heterocycles. The second kappa shape index (κ2) is 8.46. The lowest BCUT2D eigenvalue weighted by Crippen LogP contribution is -2.33. The first-order chi connectivity index (χ1) is 12.4. The van der Waals surface area contributed by atoms with Gasteiger partial charge in [-0.05, 0) is 30.5 Å². The lowest BCUT2D eigenvalue weighted by Gasteiger charge is -2.14. The van der Waals surface area contributed by atoms with Crippen LogP contribution in [0.2, 0.25) is 0 Å². The van der Waals surface area contributed by atoms with Gasteiger partial charge in [0.15, 0.2) is 17.6 Å². The van der Waals surface area contributed by atoms with Crippen molar-refractivity contribution in [3.05, 3.63) is 47.1 Å². The summed E-state index contributed by atoms with van der Waals surface area (Å²) >= 11 is 0. The molecule has 1 amide bonds. The number of amides is 1. The molecule has 7 nitrogen and oxygen atoms in total. The van der Waals surface area contributed by atoms with Gasteiger partial charge in [0.2, 0.25) is 5.76 Å². The van der Waals surface area contributed by atoms with E-state index >= 15 is 0 Å². The third kappa shape index (κ3) is 4.19. The number of aliphatic carboxylic acids is 1. The molecule has 1 heterocycles. The molecular formula is C18H21FN2O5. The van der Waals surface area contributed by atoms with Crippen molar-refractivity contribution in [3.63, 3.8) is 0 Å². The number of carbonyl (C=O) groups is 2. The number of carboxylic acids is 1. The number of nitrogens with zero attached hydrogens (tertiary/aromatic N) is 1. The van der Waals surface area contributed by atoms with Gasteiger partial charge in [-0.25, -0.2) is 9.18 Å². The van der Waals surface area contributed by atoms with Crippen molar-refractivity contribution in [1.29, 1.82) is 0 Å². The quantitative estimate of drug-likeness (QED) is 0.745. The number of nitrogens with one attached hydrogen (secondary N) is 1. The van der Waals surface area contributed by atoms with E-state index in [1.165, 1.54) is 25.3 Å². The maximum Gasteiger partial charge on any atom is 0.330 e. The van der Waals surface area contributed by atoms with Crippen LogP contribution in [0.15, 0.2) is 28.8 Å². The van der Waals surface area contributed by atoms with Crippen molar-refractivity contribution in [1.82, 2.24) is 10.5 Å². The monoisotopic (exact) mass is 364 g/mol. The Morgan fingerprint density at radius 1 is 1.31 bits per heavy atom. The minimum atomic E-state index is -1.44. The van der Waals surface area contributed by atoms with Gasteiger partial charge in [0, 0.05) is 12.0 Å². The molecule has 2 aromatic rings. The number of carboxylic acid groups (broad SMARTS) is 1. The number of benzene rings is 1. The summed E-state index contributed by atoms with van der Waals surface area (Å²) in [5, 5.41) is 15.6. The van der Waals surface area contributed by atoms with Gasteiger partial charge in [-0.2, -0.15) is 0 Å². The van der Waals surface area contributed by atoms with E-state index in [0.29, 0.717) is 5.69 Å². The minimum Gasteiger partial charge on any atom is -0.494 e. The lowest BCUT2D eigenvalue weighted by atomic mass is 9.99. The summed E-state index contributed by atoms with van der Waals surface area (Å²) in [6.07, 6.45) is 1.68. The summed E-state index contributed by atoms with van der Waals surface area (Å²) in [7, 11) is 1.30. The molecule has 1 aromatic heterocycles. The highest BCUT2D eigenvalue weighted by Crippen LogP contribution is 2.24. The number of carbonyl (C=O) groups excluding carboxylic acids is 1. The Morgan fingerprint density at radius 2 is 2.00 bits per heavy atom. The SMILES string of the molecule is CCC(CC)c1cc(C(=O)NC(C(=O)O)c2ccc(OC)c(F)c2)on1. The molecule has 0 spiro atoms. The molecule has 0 aliphatic carbocycles. The third-order valence-electron chi connectivity index (χ3n) is 4.19. The van der Waals surface area contributed by atoms with Crippen LogP contribution in [0.4, 0.5) is 4.39 Å². The van der Waals surface area contributed by atoms with E-state index in [0.717, 1.165) is 18.9 Å². The first-order valence-electron chi connectivity index (χ1n) is 8.24. The van der Waals surface area contributed by atoms with Crippen LogP contribution in [0.25, 0.3) is 0 Å². The van der Waals surface area contributed by atoms with E-state index in [4.69, 9.17) is 9.26 Å². The molecule has 2 rings (SSSR count). The number of methoxy groups -OCH3 is 1. The fraction of sp³-hybridized carbons (Fsp3) is 0.389. The molecule has 2 N–H and O–H groups in total. The summed E-state index contributed by atoms with van der Waals surface area (Å²) in [6, 6.07) is 3.74. The minimum absolute atomic E-state index is 0.0192. The van der Waals surface area contributed by atoms with Crippen LogP contribution >= 0.6 is 0 Å². The highest BCUT2D eigenvalue weighted by molar-refractivity contribution is 5.94. The molecule has 1 aromatic carbocycles. The van der Waals surface area contributed by atoms with E-state index in [9.17, 15) is 19.1 Å². The first-order valence-corrected chi connectivity index (χ1v) is 8.24. The molecule has 0 aliphatic rings. The normalized spacial score (nSPS) is 12.0. The molecule has 0 bridgehead atoms. The van der Waals surface area contributed by atoms with E-state index in [2.05, 4.69) is 10.5 Å². The number of hydrogen-bond acceptors (Lipinski definition) is 5. The van der Waals surface area contributed by atoms with E-state index in [-0.39, 0.29) is 23.0 Å². The summed E-state index contributed by atoms with van der Waals surface area (Å²) in [4.78, 5) is 23.9. The number of aromatic nitrogens is 1. The second-order valence-electron chi connectivity index (χ2n) is 5.77. The van der Waals surface area contributed by atoms with Crippen molar-refractivity contribution in [2.45, 2.75) is 38.6 Å². The van der Waals surface area contributed by atoms with Crippen LogP contribution < -0.4 is 10.1 Å². The Balaban J connectivity index is 2.21. The zero-order valence-electron chi connectivity index (χ0n) is 14.8. The highest BCUT2D eigenvalue weighted by Gasteiger charge is 2.26. The largest absolute Gasteiger partial charge is 0.494 e. The molecule has 8 heteroatoms. The van der Waals surface area contributed by atoms with Crippen LogP contribution in [0.5, 0.6) is 5.75 Å². The summed E-state index contributed by atoms with van der Waals surface area (Å²) in [5.41, 5.74) is 0.714. The molecule has 0 radical (unpaired) electrons.